The zero-order valence-corrected chi connectivity index (χ0v) is 18.2. The van der Waals surface area contributed by atoms with Crippen molar-refractivity contribution in [2.24, 2.45) is 5.92 Å². The average Bonchev–Trinajstić information content (AvgIpc) is 3.25. The Morgan fingerprint density at radius 1 is 1.16 bits per heavy atom. The molecule has 5 rings (SSSR count). The van der Waals surface area contributed by atoms with Gasteiger partial charge in [0, 0.05) is 30.5 Å². The van der Waals surface area contributed by atoms with Crippen LogP contribution in [0.2, 0.25) is 0 Å². The molecule has 0 spiro atoms. The summed E-state index contributed by atoms with van der Waals surface area (Å²) < 4.78 is 15.9. The van der Waals surface area contributed by atoms with E-state index in [2.05, 4.69) is 45.6 Å². The first-order valence-electron chi connectivity index (χ1n) is 10.8. The van der Waals surface area contributed by atoms with E-state index in [4.69, 9.17) is 10.7 Å². The maximum atomic E-state index is 14.0. The Labute approximate surface area is 185 Å². The fourth-order valence-electron chi connectivity index (χ4n) is 4.25. The van der Waals surface area contributed by atoms with E-state index in [1.165, 1.54) is 18.0 Å². The minimum Gasteiger partial charge on any atom is -0.381 e. The van der Waals surface area contributed by atoms with Crippen molar-refractivity contribution < 1.29 is 4.39 Å². The predicted molar refractivity (Wildman–Crippen MR) is 122 cm³/mol. The van der Waals surface area contributed by atoms with Crippen LogP contribution < -0.4 is 5.73 Å². The average molecular weight is 433 g/mol. The number of pyridine rings is 3. The van der Waals surface area contributed by atoms with E-state index < -0.39 is 5.82 Å². The number of likely N-dealkylation sites (tertiary alicyclic amines) is 1. The summed E-state index contributed by atoms with van der Waals surface area (Å²) >= 11 is 0. The summed E-state index contributed by atoms with van der Waals surface area (Å²) in [5.74, 6) is -0.265. The van der Waals surface area contributed by atoms with E-state index in [9.17, 15) is 4.39 Å². The molecule has 4 aromatic heterocycles. The van der Waals surface area contributed by atoms with Crippen molar-refractivity contribution in [2.75, 3.05) is 18.8 Å². The van der Waals surface area contributed by atoms with Gasteiger partial charge in [-0.05, 0) is 37.0 Å². The lowest BCUT2D eigenvalue weighted by molar-refractivity contribution is 0.207. The van der Waals surface area contributed by atoms with Gasteiger partial charge in [-0.2, -0.15) is 0 Å². The minimum atomic E-state index is -0.567. The van der Waals surface area contributed by atoms with Crippen molar-refractivity contribution in [3.05, 3.63) is 48.7 Å². The fraction of sp³-hybridized carbons (Fsp3) is 0.348. The number of anilines is 1. The molecule has 1 aliphatic rings. The summed E-state index contributed by atoms with van der Waals surface area (Å²) in [5.41, 5.74) is 10.8. The lowest BCUT2D eigenvalue weighted by Gasteiger charge is -2.36. The van der Waals surface area contributed by atoms with Gasteiger partial charge >= 0.3 is 0 Å². The Kier molecular flexibility index (Phi) is 4.96. The third-order valence-electron chi connectivity index (χ3n) is 6.19. The number of allylic oxidation sites excluding steroid dienone is 1. The van der Waals surface area contributed by atoms with Crippen molar-refractivity contribution in [3.63, 3.8) is 0 Å². The fourth-order valence-corrected chi connectivity index (χ4v) is 4.25. The van der Waals surface area contributed by atoms with Crippen LogP contribution in [0.25, 0.3) is 33.3 Å². The molecule has 32 heavy (non-hydrogen) atoms. The van der Waals surface area contributed by atoms with Crippen molar-refractivity contribution in [2.45, 2.75) is 32.7 Å². The van der Waals surface area contributed by atoms with Crippen molar-refractivity contribution >= 4 is 27.9 Å². The zero-order valence-electron chi connectivity index (χ0n) is 18.2. The monoisotopic (exact) mass is 432 g/mol. The zero-order chi connectivity index (χ0) is 22.4. The van der Waals surface area contributed by atoms with Gasteiger partial charge in [-0.25, -0.2) is 19.0 Å². The van der Waals surface area contributed by atoms with Gasteiger partial charge in [0.25, 0.3) is 0 Å². The SMILES string of the molecule is C=C(C(C)C)N1CCC(n2nnc3cnc4ccc(-c5cnc(N)c(F)c5)nc4c32)CC1. The van der Waals surface area contributed by atoms with Crippen LogP contribution >= 0.6 is 0 Å². The van der Waals surface area contributed by atoms with Crippen LogP contribution in [0.15, 0.2) is 42.9 Å². The molecule has 8 nitrogen and oxygen atoms in total. The van der Waals surface area contributed by atoms with E-state index in [1.54, 1.807) is 12.3 Å². The molecular formula is C23H25FN8. The Bertz CT molecular complexity index is 1320. The van der Waals surface area contributed by atoms with Gasteiger partial charge in [-0.15, -0.1) is 5.10 Å². The standard InChI is InChI=1S/C23H25FN8/c1-13(2)14(3)31-8-6-16(7-9-31)32-22-20(29-30-32)12-26-19-5-4-18(28-21(19)22)15-10-17(24)23(25)27-11-15/h4-5,10-13,16H,3,6-9H2,1-2H3,(H2,25,27). The smallest absolute Gasteiger partial charge is 0.165 e. The maximum Gasteiger partial charge on any atom is 0.165 e. The van der Waals surface area contributed by atoms with E-state index in [0.717, 1.165) is 37.0 Å². The topological polar surface area (TPSA) is 98.6 Å². The first-order valence-corrected chi connectivity index (χ1v) is 10.8. The molecule has 9 heteroatoms. The summed E-state index contributed by atoms with van der Waals surface area (Å²) in [6.07, 6.45) is 5.14. The van der Waals surface area contributed by atoms with Gasteiger partial charge in [-0.3, -0.25) is 4.98 Å². The lowest BCUT2D eigenvalue weighted by Crippen LogP contribution is -2.35. The van der Waals surface area contributed by atoms with Crippen LogP contribution in [-0.2, 0) is 0 Å². The van der Waals surface area contributed by atoms with Crippen molar-refractivity contribution in [1.82, 2.24) is 34.8 Å². The third kappa shape index (κ3) is 3.43. The summed E-state index contributed by atoms with van der Waals surface area (Å²) in [6, 6.07) is 5.23. The van der Waals surface area contributed by atoms with Crippen molar-refractivity contribution in [3.8, 4) is 11.3 Å². The second-order valence-corrected chi connectivity index (χ2v) is 8.55. The quantitative estimate of drug-likeness (QED) is 0.521. The normalized spacial score (nSPS) is 15.2. The van der Waals surface area contributed by atoms with Gasteiger partial charge in [0.05, 0.1) is 23.4 Å². The van der Waals surface area contributed by atoms with Crippen LogP contribution in [0.1, 0.15) is 32.7 Å². The second kappa shape index (κ2) is 7.81. The summed E-state index contributed by atoms with van der Waals surface area (Å²) in [5, 5.41) is 8.80. The molecule has 1 saturated heterocycles. The van der Waals surface area contributed by atoms with Gasteiger partial charge in [0.1, 0.15) is 16.6 Å². The largest absolute Gasteiger partial charge is 0.381 e. The number of halogens is 1. The third-order valence-corrected chi connectivity index (χ3v) is 6.19. The molecule has 1 aliphatic heterocycles. The number of hydrogen-bond donors (Lipinski definition) is 1. The van der Waals surface area contributed by atoms with E-state index in [0.29, 0.717) is 28.2 Å². The number of rotatable bonds is 4. The highest BCUT2D eigenvalue weighted by Crippen LogP contribution is 2.31. The predicted octanol–water partition coefficient (Wildman–Crippen LogP) is 3.96. The first kappa shape index (κ1) is 20.3. The van der Waals surface area contributed by atoms with Crippen LogP contribution in [0.4, 0.5) is 10.2 Å². The highest BCUT2D eigenvalue weighted by molar-refractivity contribution is 5.99. The number of nitrogens with zero attached hydrogens (tertiary/aromatic N) is 7. The molecule has 0 amide bonds. The number of fused-ring (bicyclic) bond motifs is 3. The molecule has 0 atom stereocenters. The lowest BCUT2D eigenvalue weighted by atomic mass is 10.0. The van der Waals surface area contributed by atoms with E-state index in [1.807, 2.05) is 10.7 Å². The molecule has 164 valence electrons. The number of piperidine rings is 1. The molecule has 5 heterocycles. The molecule has 0 aliphatic carbocycles. The second-order valence-electron chi connectivity index (χ2n) is 8.55. The van der Waals surface area contributed by atoms with E-state index in [-0.39, 0.29) is 11.9 Å². The van der Waals surface area contributed by atoms with Gasteiger partial charge in [0.2, 0.25) is 0 Å². The van der Waals surface area contributed by atoms with Crippen LogP contribution in [0, 0.1) is 11.7 Å². The van der Waals surface area contributed by atoms with Crippen LogP contribution in [0.5, 0.6) is 0 Å². The molecule has 0 radical (unpaired) electrons. The number of nitrogens with two attached hydrogens (primary N) is 1. The Hall–Kier alpha value is -3.62. The molecule has 0 saturated carbocycles. The summed E-state index contributed by atoms with van der Waals surface area (Å²) in [4.78, 5) is 15.6. The number of nitrogen functional groups attached to an aromatic ring is 1. The molecular weight excluding hydrogens is 407 g/mol. The van der Waals surface area contributed by atoms with E-state index >= 15 is 0 Å². The maximum absolute atomic E-state index is 14.0. The molecule has 0 aromatic carbocycles. The number of hydrogen-bond acceptors (Lipinski definition) is 7. The van der Waals surface area contributed by atoms with Gasteiger partial charge in [-0.1, -0.05) is 25.6 Å². The molecule has 2 N–H and O–H groups in total. The van der Waals surface area contributed by atoms with Crippen LogP contribution in [0.3, 0.4) is 0 Å². The highest BCUT2D eigenvalue weighted by atomic mass is 19.1. The molecule has 0 bridgehead atoms. The Morgan fingerprint density at radius 3 is 2.66 bits per heavy atom. The van der Waals surface area contributed by atoms with Gasteiger partial charge < -0.3 is 10.6 Å². The molecule has 0 unspecified atom stereocenters. The molecule has 1 fully saturated rings. The molecule has 4 aromatic rings. The minimum absolute atomic E-state index is 0.132. The Balaban J connectivity index is 1.54. The highest BCUT2D eigenvalue weighted by Gasteiger charge is 2.25. The summed E-state index contributed by atoms with van der Waals surface area (Å²) in [6.45, 7) is 10.4. The number of aromatic nitrogens is 6. The van der Waals surface area contributed by atoms with Crippen molar-refractivity contribution in [1.29, 1.82) is 0 Å². The Morgan fingerprint density at radius 2 is 1.94 bits per heavy atom. The summed E-state index contributed by atoms with van der Waals surface area (Å²) in [7, 11) is 0. The van der Waals surface area contributed by atoms with Crippen LogP contribution in [-0.4, -0.2) is 47.9 Å². The van der Waals surface area contributed by atoms with Gasteiger partial charge in [0.15, 0.2) is 11.6 Å². The first-order chi connectivity index (χ1) is 15.4.